The van der Waals surface area contributed by atoms with Gasteiger partial charge < -0.3 is 11.1 Å². The van der Waals surface area contributed by atoms with Crippen LogP contribution in [0, 0.1) is 17.8 Å². The van der Waals surface area contributed by atoms with Crippen LogP contribution in [0.1, 0.15) is 59.8 Å². The molecule has 1 fully saturated rings. The van der Waals surface area contributed by atoms with E-state index in [4.69, 9.17) is 5.73 Å². The van der Waals surface area contributed by atoms with Gasteiger partial charge in [0, 0.05) is 6.04 Å². The summed E-state index contributed by atoms with van der Waals surface area (Å²) in [6, 6.07) is 0.196. The number of ketones is 1. The van der Waals surface area contributed by atoms with Crippen molar-refractivity contribution in [3.63, 3.8) is 0 Å². The molecule has 3 nitrogen and oxygen atoms in total. The highest BCUT2D eigenvalue weighted by molar-refractivity contribution is 5.93. The van der Waals surface area contributed by atoms with Crippen molar-refractivity contribution in [1.82, 2.24) is 5.32 Å². The van der Waals surface area contributed by atoms with Crippen molar-refractivity contribution in [2.45, 2.75) is 77.4 Å². The number of nitrogens with one attached hydrogen (secondary N) is 1. The lowest BCUT2D eigenvalue weighted by Gasteiger charge is -2.42. The van der Waals surface area contributed by atoms with Gasteiger partial charge in [-0.05, 0) is 57.3 Å². The van der Waals surface area contributed by atoms with Crippen LogP contribution in [0.5, 0.6) is 0 Å². The van der Waals surface area contributed by atoms with E-state index in [1.54, 1.807) is 0 Å². The van der Waals surface area contributed by atoms with Crippen LogP contribution in [0.2, 0.25) is 0 Å². The maximum atomic E-state index is 13.0. The Kier molecular flexibility index (Phi) is 5.26. The van der Waals surface area contributed by atoms with Gasteiger partial charge in [-0.3, -0.25) is 4.79 Å². The third-order valence-electron chi connectivity index (χ3n) is 5.57. The SMILES string of the molecule is CC(C)C(NC(C)C1C=CCC1)C(=O)C(C)(N)C1CCC1. The fourth-order valence-electron chi connectivity index (χ4n) is 3.59. The van der Waals surface area contributed by atoms with Crippen molar-refractivity contribution in [1.29, 1.82) is 0 Å². The zero-order valence-corrected chi connectivity index (χ0v) is 14.1. The fourth-order valence-corrected chi connectivity index (χ4v) is 3.59. The van der Waals surface area contributed by atoms with Crippen molar-refractivity contribution < 1.29 is 4.79 Å². The van der Waals surface area contributed by atoms with Gasteiger partial charge >= 0.3 is 0 Å². The highest BCUT2D eigenvalue weighted by atomic mass is 16.1. The van der Waals surface area contributed by atoms with E-state index in [2.05, 4.69) is 38.2 Å². The number of hydrogen-bond donors (Lipinski definition) is 2. The molecule has 0 aliphatic heterocycles. The van der Waals surface area contributed by atoms with E-state index in [1.165, 1.54) is 12.8 Å². The lowest BCUT2D eigenvalue weighted by Crippen LogP contribution is -2.62. The fraction of sp³-hybridized carbons (Fsp3) is 0.833. The molecule has 0 amide bonds. The lowest BCUT2D eigenvalue weighted by molar-refractivity contribution is -0.130. The van der Waals surface area contributed by atoms with Gasteiger partial charge in [0.15, 0.2) is 5.78 Å². The monoisotopic (exact) mass is 292 g/mol. The molecule has 2 aliphatic rings. The Bertz CT molecular complexity index is 396. The minimum Gasteiger partial charge on any atom is -0.319 e. The molecule has 0 bridgehead atoms. The highest BCUT2D eigenvalue weighted by Gasteiger charge is 2.44. The molecule has 1 saturated carbocycles. The molecule has 0 aromatic rings. The van der Waals surface area contributed by atoms with Crippen LogP contribution >= 0.6 is 0 Å². The average Bonchev–Trinajstić information content (AvgIpc) is 2.85. The third kappa shape index (κ3) is 3.57. The molecular formula is C18H32N2O. The lowest BCUT2D eigenvalue weighted by atomic mass is 9.68. The van der Waals surface area contributed by atoms with E-state index >= 15 is 0 Å². The van der Waals surface area contributed by atoms with E-state index in [9.17, 15) is 4.79 Å². The van der Waals surface area contributed by atoms with Crippen LogP contribution in [0.15, 0.2) is 12.2 Å². The number of hydrogen-bond acceptors (Lipinski definition) is 3. The first-order chi connectivity index (χ1) is 9.84. The van der Waals surface area contributed by atoms with Crippen molar-refractivity contribution >= 4 is 5.78 Å². The molecular weight excluding hydrogens is 260 g/mol. The van der Waals surface area contributed by atoms with Crippen molar-refractivity contribution in [2.24, 2.45) is 23.5 Å². The minimum absolute atomic E-state index is 0.135. The van der Waals surface area contributed by atoms with Gasteiger partial charge in [0.1, 0.15) is 0 Å². The summed E-state index contributed by atoms with van der Waals surface area (Å²) in [5.41, 5.74) is 5.75. The first-order valence-corrected chi connectivity index (χ1v) is 8.60. The summed E-state index contributed by atoms with van der Waals surface area (Å²) in [6.45, 7) is 8.36. The molecule has 0 saturated heterocycles. The molecule has 4 unspecified atom stereocenters. The topological polar surface area (TPSA) is 55.1 Å². The van der Waals surface area contributed by atoms with Crippen LogP contribution in [-0.2, 0) is 4.79 Å². The van der Waals surface area contributed by atoms with Crippen LogP contribution < -0.4 is 11.1 Å². The molecule has 3 heteroatoms. The summed E-state index contributed by atoms with van der Waals surface area (Å²) in [4.78, 5) is 13.0. The Balaban J connectivity index is 2.03. The normalized spacial score (nSPS) is 28.2. The Hall–Kier alpha value is -0.670. The molecule has 0 aromatic carbocycles. The third-order valence-corrected chi connectivity index (χ3v) is 5.57. The molecule has 0 radical (unpaired) electrons. The van der Waals surface area contributed by atoms with Gasteiger partial charge in [0.25, 0.3) is 0 Å². The van der Waals surface area contributed by atoms with Crippen molar-refractivity contribution in [3.05, 3.63) is 12.2 Å². The van der Waals surface area contributed by atoms with Gasteiger partial charge in [-0.1, -0.05) is 32.4 Å². The second-order valence-corrected chi connectivity index (χ2v) is 7.62. The summed E-state index contributed by atoms with van der Waals surface area (Å²) < 4.78 is 0. The predicted octanol–water partition coefficient (Wildman–Crippen LogP) is 3.04. The Morgan fingerprint density at radius 1 is 1.29 bits per heavy atom. The number of allylic oxidation sites excluding steroid dienone is 1. The summed E-state index contributed by atoms with van der Waals surface area (Å²) in [5, 5.41) is 3.59. The molecule has 120 valence electrons. The summed E-state index contributed by atoms with van der Waals surface area (Å²) in [7, 11) is 0. The first-order valence-electron chi connectivity index (χ1n) is 8.60. The smallest absolute Gasteiger partial charge is 0.169 e. The number of nitrogens with two attached hydrogens (primary N) is 1. The number of carbonyl (C=O) groups is 1. The molecule has 2 rings (SSSR count). The second-order valence-electron chi connectivity index (χ2n) is 7.62. The first kappa shape index (κ1) is 16.7. The average molecular weight is 292 g/mol. The molecule has 0 spiro atoms. The van der Waals surface area contributed by atoms with Crippen LogP contribution in [0.4, 0.5) is 0 Å². The minimum atomic E-state index is -0.675. The molecule has 3 N–H and O–H groups in total. The van der Waals surface area contributed by atoms with Crippen LogP contribution in [0.25, 0.3) is 0 Å². The predicted molar refractivity (Wildman–Crippen MR) is 88.0 cm³/mol. The van der Waals surface area contributed by atoms with Gasteiger partial charge in [0.05, 0.1) is 11.6 Å². The largest absolute Gasteiger partial charge is 0.319 e. The van der Waals surface area contributed by atoms with Gasteiger partial charge in [-0.15, -0.1) is 0 Å². The molecule has 21 heavy (non-hydrogen) atoms. The summed E-state index contributed by atoms with van der Waals surface area (Å²) in [6.07, 6.45) is 10.3. The standard InChI is InChI=1S/C18H32N2O/c1-12(2)16(20-13(3)14-8-5-6-9-14)17(21)18(4,19)15-10-7-11-15/h5,8,12-16,20H,6-7,9-11,19H2,1-4H3. The van der Waals surface area contributed by atoms with Crippen molar-refractivity contribution in [3.8, 4) is 0 Å². The molecule has 0 aromatic heterocycles. The summed E-state index contributed by atoms with van der Waals surface area (Å²) >= 11 is 0. The van der Waals surface area contributed by atoms with Crippen LogP contribution in [0.3, 0.4) is 0 Å². The Morgan fingerprint density at radius 2 is 1.95 bits per heavy atom. The van der Waals surface area contributed by atoms with E-state index in [0.717, 1.165) is 19.3 Å². The molecule has 4 atom stereocenters. The van der Waals surface area contributed by atoms with Gasteiger partial charge in [0.2, 0.25) is 0 Å². The van der Waals surface area contributed by atoms with E-state index in [-0.39, 0.29) is 17.7 Å². The number of rotatable bonds is 7. The van der Waals surface area contributed by atoms with Gasteiger partial charge in [-0.2, -0.15) is 0 Å². The zero-order valence-electron chi connectivity index (χ0n) is 14.1. The molecule has 2 aliphatic carbocycles. The van der Waals surface area contributed by atoms with E-state index in [1.807, 2.05) is 6.92 Å². The van der Waals surface area contributed by atoms with Crippen LogP contribution in [-0.4, -0.2) is 23.4 Å². The molecule has 0 heterocycles. The maximum absolute atomic E-state index is 13.0. The maximum Gasteiger partial charge on any atom is 0.169 e. The van der Waals surface area contributed by atoms with Crippen molar-refractivity contribution in [2.75, 3.05) is 0 Å². The van der Waals surface area contributed by atoms with Gasteiger partial charge in [-0.25, -0.2) is 0 Å². The van der Waals surface area contributed by atoms with E-state index in [0.29, 0.717) is 17.9 Å². The Morgan fingerprint density at radius 3 is 2.38 bits per heavy atom. The quantitative estimate of drug-likeness (QED) is 0.709. The second kappa shape index (κ2) is 6.62. The number of Topliss-reactive ketones (excluding diaryl/α,β-unsaturated/α-hetero) is 1. The Labute approximate surface area is 129 Å². The van der Waals surface area contributed by atoms with E-state index < -0.39 is 5.54 Å². The zero-order chi connectivity index (χ0) is 15.6. The summed E-state index contributed by atoms with van der Waals surface area (Å²) in [5.74, 6) is 1.39. The number of carbonyl (C=O) groups excluding carboxylic acids is 1. The highest BCUT2D eigenvalue weighted by Crippen LogP contribution is 2.36.